The lowest BCUT2D eigenvalue weighted by Gasteiger charge is -2.37. The number of nitrogens with zero attached hydrogens (tertiary/aromatic N) is 3. The van der Waals surface area contributed by atoms with Crippen LogP contribution in [-0.4, -0.2) is 68.1 Å². The maximum atomic E-state index is 4.47. The third-order valence-electron chi connectivity index (χ3n) is 3.50. The summed E-state index contributed by atoms with van der Waals surface area (Å²) in [5.41, 5.74) is 0. The van der Waals surface area contributed by atoms with Gasteiger partial charge in [-0.3, -0.25) is 4.90 Å². The number of likely N-dealkylation sites (N-methyl/N-ethyl adjacent to an activating group) is 2. The molecule has 100 valence electrons. The van der Waals surface area contributed by atoms with Crippen LogP contribution in [-0.2, 0) is 0 Å². The average Bonchev–Trinajstić information content (AvgIpc) is 2.40. The zero-order valence-corrected chi connectivity index (χ0v) is 11.5. The van der Waals surface area contributed by atoms with E-state index in [4.69, 9.17) is 0 Å². The Hall–Kier alpha value is -1.33. The van der Waals surface area contributed by atoms with Gasteiger partial charge in [0.1, 0.15) is 11.6 Å². The van der Waals surface area contributed by atoms with Crippen molar-refractivity contribution in [1.29, 1.82) is 0 Å². The average molecular weight is 249 g/mol. The van der Waals surface area contributed by atoms with Crippen molar-refractivity contribution in [1.82, 2.24) is 14.8 Å². The van der Waals surface area contributed by atoms with Gasteiger partial charge in [-0.15, -0.1) is 0 Å². The van der Waals surface area contributed by atoms with E-state index in [9.17, 15) is 0 Å². The van der Waals surface area contributed by atoms with E-state index < -0.39 is 0 Å². The molecule has 1 aliphatic heterocycles. The van der Waals surface area contributed by atoms with Crippen molar-refractivity contribution in [3.8, 4) is 0 Å². The minimum atomic E-state index is 0.545. The Labute approximate surface area is 109 Å². The summed E-state index contributed by atoms with van der Waals surface area (Å²) in [4.78, 5) is 9.26. The second-order valence-electron chi connectivity index (χ2n) is 4.94. The molecule has 1 saturated heterocycles. The lowest BCUT2D eigenvalue weighted by atomic mass is 10.2. The molecule has 2 heterocycles. The molecule has 5 nitrogen and oxygen atoms in total. The SMILES string of the molecule is CNc1cccc(NCC2CN(C)CCN2C)n1. The number of rotatable bonds is 4. The highest BCUT2D eigenvalue weighted by Crippen LogP contribution is 2.10. The molecule has 2 rings (SSSR count). The topological polar surface area (TPSA) is 43.4 Å². The molecule has 0 amide bonds. The van der Waals surface area contributed by atoms with E-state index in [0.29, 0.717) is 6.04 Å². The van der Waals surface area contributed by atoms with E-state index in [1.54, 1.807) is 0 Å². The summed E-state index contributed by atoms with van der Waals surface area (Å²) in [6.45, 7) is 4.32. The van der Waals surface area contributed by atoms with Crippen molar-refractivity contribution >= 4 is 11.6 Å². The van der Waals surface area contributed by atoms with E-state index >= 15 is 0 Å². The van der Waals surface area contributed by atoms with E-state index in [1.807, 2.05) is 25.2 Å². The van der Waals surface area contributed by atoms with Crippen LogP contribution >= 0.6 is 0 Å². The first-order valence-corrected chi connectivity index (χ1v) is 6.46. The van der Waals surface area contributed by atoms with Gasteiger partial charge in [0.25, 0.3) is 0 Å². The summed E-state index contributed by atoms with van der Waals surface area (Å²) < 4.78 is 0. The highest BCUT2D eigenvalue weighted by Gasteiger charge is 2.21. The lowest BCUT2D eigenvalue weighted by molar-refractivity contribution is 0.122. The quantitative estimate of drug-likeness (QED) is 0.825. The number of hydrogen-bond acceptors (Lipinski definition) is 5. The molecule has 1 aromatic heterocycles. The van der Waals surface area contributed by atoms with E-state index in [-0.39, 0.29) is 0 Å². The number of pyridine rings is 1. The van der Waals surface area contributed by atoms with Gasteiger partial charge in [0, 0.05) is 39.3 Å². The number of aromatic nitrogens is 1. The monoisotopic (exact) mass is 249 g/mol. The smallest absolute Gasteiger partial charge is 0.128 e. The molecule has 1 aromatic rings. The third-order valence-corrected chi connectivity index (χ3v) is 3.50. The first-order valence-electron chi connectivity index (χ1n) is 6.46. The minimum Gasteiger partial charge on any atom is -0.373 e. The highest BCUT2D eigenvalue weighted by atomic mass is 15.3. The summed E-state index contributed by atoms with van der Waals surface area (Å²) in [5, 5.41) is 6.47. The second kappa shape index (κ2) is 6.02. The Kier molecular flexibility index (Phi) is 4.38. The Morgan fingerprint density at radius 2 is 2.06 bits per heavy atom. The molecule has 0 bridgehead atoms. The highest BCUT2D eigenvalue weighted by molar-refractivity contribution is 5.44. The molecule has 1 aliphatic rings. The van der Waals surface area contributed by atoms with Gasteiger partial charge >= 0.3 is 0 Å². The van der Waals surface area contributed by atoms with Crippen molar-refractivity contribution in [3.05, 3.63) is 18.2 Å². The van der Waals surface area contributed by atoms with Crippen LogP contribution < -0.4 is 10.6 Å². The Bertz CT molecular complexity index is 381. The number of hydrogen-bond donors (Lipinski definition) is 2. The molecular formula is C13H23N5. The van der Waals surface area contributed by atoms with E-state index in [0.717, 1.165) is 37.8 Å². The van der Waals surface area contributed by atoms with E-state index in [1.165, 1.54) is 0 Å². The summed E-state index contributed by atoms with van der Waals surface area (Å²) in [6.07, 6.45) is 0. The predicted octanol–water partition coefficient (Wildman–Crippen LogP) is 0.781. The molecule has 0 aromatic carbocycles. The molecule has 5 heteroatoms. The first kappa shape index (κ1) is 13.1. The fourth-order valence-electron chi connectivity index (χ4n) is 2.22. The molecular weight excluding hydrogens is 226 g/mol. The van der Waals surface area contributed by atoms with Crippen molar-refractivity contribution < 1.29 is 0 Å². The van der Waals surface area contributed by atoms with Crippen LogP contribution in [0, 0.1) is 0 Å². The second-order valence-corrected chi connectivity index (χ2v) is 4.94. The van der Waals surface area contributed by atoms with Crippen molar-refractivity contribution in [2.45, 2.75) is 6.04 Å². The van der Waals surface area contributed by atoms with Crippen LogP contribution in [0.3, 0.4) is 0 Å². The normalized spacial score (nSPS) is 21.8. The van der Waals surface area contributed by atoms with Gasteiger partial charge in [0.2, 0.25) is 0 Å². The van der Waals surface area contributed by atoms with Crippen LogP contribution in [0.2, 0.25) is 0 Å². The maximum absolute atomic E-state index is 4.47. The molecule has 0 aliphatic carbocycles. The Morgan fingerprint density at radius 1 is 1.28 bits per heavy atom. The van der Waals surface area contributed by atoms with Crippen LogP contribution in [0.15, 0.2) is 18.2 Å². The Balaban J connectivity index is 1.89. The van der Waals surface area contributed by atoms with E-state index in [2.05, 4.69) is 39.5 Å². The van der Waals surface area contributed by atoms with Gasteiger partial charge in [-0.25, -0.2) is 4.98 Å². The number of anilines is 2. The zero-order chi connectivity index (χ0) is 13.0. The van der Waals surface area contributed by atoms with Crippen LogP contribution in [0.1, 0.15) is 0 Å². The molecule has 0 radical (unpaired) electrons. The van der Waals surface area contributed by atoms with Crippen LogP contribution in [0.5, 0.6) is 0 Å². The maximum Gasteiger partial charge on any atom is 0.128 e. The summed E-state index contributed by atoms with van der Waals surface area (Å²) in [7, 11) is 6.26. The Morgan fingerprint density at radius 3 is 2.83 bits per heavy atom. The van der Waals surface area contributed by atoms with Crippen LogP contribution in [0.4, 0.5) is 11.6 Å². The van der Waals surface area contributed by atoms with Crippen molar-refractivity contribution in [2.75, 3.05) is 58.0 Å². The zero-order valence-electron chi connectivity index (χ0n) is 11.5. The molecule has 0 saturated carbocycles. The molecule has 0 spiro atoms. The van der Waals surface area contributed by atoms with Gasteiger partial charge in [-0.1, -0.05) is 6.07 Å². The van der Waals surface area contributed by atoms with Gasteiger partial charge in [-0.2, -0.15) is 0 Å². The summed E-state index contributed by atoms with van der Waals surface area (Å²) in [5.74, 6) is 1.83. The standard InChI is InChI=1S/C13H23N5/c1-14-12-5-4-6-13(16-12)15-9-11-10-17(2)7-8-18(11)3/h4-6,11H,7-10H2,1-3H3,(H2,14,15,16). The first-order chi connectivity index (χ1) is 8.69. The largest absolute Gasteiger partial charge is 0.373 e. The molecule has 18 heavy (non-hydrogen) atoms. The number of piperazine rings is 1. The third kappa shape index (κ3) is 3.34. The van der Waals surface area contributed by atoms with Crippen molar-refractivity contribution in [3.63, 3.8) is 0 Å². The number of nitrogens with one attached hydrogen (secondary N) is 2. The molecule has 1 atom stereocenters. The van der Waals surface area contributed by atoms with Gasteiger partial charge in [0.05, 0.1) is 0 Å². The van der Waals surface area contributed by atoms with Gasteiger partial charge in [-0.05, 0) is 26.2 Å². The molecule has 1 unspecified atom stereocenters. The fourth-order valence-corrected chi connectivity index (χ4v) is 2.22. The lowest BCUT2D eigenvalue weighted by Crippen LogP contribution is -2.52. The van der Waals surface area contributed by atoms with Crippen molar-refractivity contribution in [2.24, 2.45) is 0 Å². The summed E-state index contributed by atoms with van der Waals surface area (Å²) in [6, 6.07) is 6.53. The fraction of sp³-hybridized carbons (Fsp3) is 0.615. The van der Waals surface area contributed by atoms with Gasteiger partial charge < -0.3 is 15.5 Å². The summed E-state index contributed by atoms with van der Waals surface area (Å²) >= 11 is 0. The molecule has 1 fully saturated rings. The minimum absolute atomic E-state index is 0.545. The predicted molar refractivity (Wildman–Crippen MR) is 76.2 cm³/mol. The van der Waals surface area contributed by atoms with Gasteiger partial charge in [0.15, 0.2) is 0 Å². The molecule has 2 N–H and O–H groups in total. The van der Waals surface area contributed by atoms with Crippen LogP contribution in [0.25, 0.3) is 0 Å².